The van der Waals surface area contributed by atoms with Crippen molar-refractivity contribution in [2.24, 2.45) is 5.73 Å². The van der Waals surface area contributed by atoms with E-state index in [2.05, 4.69) is 28.8 Å². The van der Waals surface area contributed by atoms with Crippen molar-refractivity contribution in [3.05, 3.63) is 35.4 Å². The lowest BCUT2D eigenvalue weighted by molar-refractivity contribution is 0.287. The molecule has 92 valence electrons. The van der Waals surface area contributed by atoms with Gasteiger partial charge in [0.1, 0.15) is 5.84 Å². The molecule has 1 aromatic carbocycles. The smallest absolute Gasteiger partial charge is 0.122 e. The van der Waals surface area contributed by atoms with E-state index in [4.69, 9.17) is 11.1 Å². The number of hydrogen-bond acceptors (Lipinski definition) is 3. The van der Waals surface area contributed by atoms with Crippen LogP contribution in [-0.4, -0.2) is 35.3 Å². The molecule has 4 heteroatoms. The van der Waals surface area contributed by atoms with Crippen LogP contribution in [0.4, 0.5) is 0 Å². The second-order valence-corrected chi connectivity index (χ2v) is 5.58. The van der Waals surface area contributed by atoms with E-state index in [1.54, 1.807) is 0 Å². The van der Waals surface area contributed by atoms with Crippen LogP contribution in [0.2, 0.25) is 0 Å². The standard InChI is InChI=1S/C13H19N3S/c14-13(15)12-4-2-11(3-5-12)10-16-6-1-8-17-9-7-16/h2-5H,1,6-10H2,(H3,14,15). The van der Waals surface area contributed by atoms with Crippen molar-refractivity contribution >= 4 is 17.6 Å². The molecule has 0 bridgehead atoms. The molecule has 1 fully saturated rings. The van der Waals surface area contributed by atoms with Gasteiger partial charge in [0.15, 0.2) is 0 Å². The van der Waals surface area contributed by atoms with Crippen LogP contribution in [0.15, 0.2) is 24.3 Å². The van der Waals surface area contributed by atoms with Gasteiger partial charge in [-0.1, -0.05) is 24.3 Å². The minimum Gasteiger partial charge on any atom is -0.384 e. The van der Waals surface area contributed by atoms with Crippen molar-refractivity contribution in [3.8, 4) is 0 Å². The molecule has 1 heterocycles. The van der Waals surface area contributed by atoms with E-state index in [-0.39, 0.29) is 5.84 Å². The van der Waals surface area contributed by atoms with Crippen molar-refractivity contribution in [2.75, 3.05) is 24.6 Å². The fraction of sp³-hybridized carbons (Fsp3) is 0.462. The molecule has 0 radical (unpaired) electrons. The zero-order valence-electron chi connectivity index (χ0n) is 9.98. The number of rotatable bonds is 3. The molecule has 1 aliphatic rings. The lowest BCUT2D eigenvalue weighted by atomic mass is 10.1. The summed E-state index contributed by atoms with van der Waals surface area (Å²) in [5.74, 6) is 2.67. The number of hydrogen-bond donors (Lipinski definition) is 2. The van der Waals surface area contributed by atoms with Crippen LogP contribution in [0, 0.1) is 5.41 Å². The summed E-state index contributed by atoms with van der Waals surface area (Å²) in [6.07, 6.45) is 1.29. The normalized spacial score (nSPS) is 17.6. The molecule has 0 spiro atoms. The summed E-state index contributed by atoms with van der Waals surface area (Å²) >= 11 is 2.05. The van der Waals surface area contributed by atoms with Crippen molar-refractivity contribution in [2.45, 2.75) is 13.0 Å². The lowest BCUT2D eigenvalue weighted by Gasteiger charge is -2.19. The number of nitrogens with two attached hydrogens (primary N) is 1. The molecule has 1 aromatic rings. The third kappa shape index (κ3) is 3.75. The topological polar surface area (TPSA) is 53.1 Å². The van der Waals surface area contributed by atoms with Gasteiger partial charge in [0.2, 0.25) is 0 Å². The van der Waals surface area contributed by atoms with Crippen LogP contribution in [0.5, 0.6) is 0 Å². The van der Waals surface area contributed by atoms with Crippen LogP contribution < -0.4 is 5.73 Å². The predicted molar refractivity (Wildman–Crippen MR) is 74.7 cm³/mol. The molecule has 0 saturated carbocycles. The number of amidine groups is 1. The van der Waals surface area contributed by atoms with Crippen molar-refractivity contribution < 1.29 is 0 Å². The van der Waals surface area contributed by atoms with Crippen molar-refractivity contribution in [3.63, 3.8) is 0 Å². The second-order valence-electron chi connectivity index (χ2n) is 4.35. The zero-order chi connectivity index (χ0) is 12.1. The molecule has 3 nitrogen and oxygen atoms in total. The van der Waals surface area contributed by atoms with Crippen molar-refractivity contribution in [1.29, 1.82) is 5.41 Å². The number of benzene rings is 1. The number of nitrogens with zero attached hydrogens (tertiary/aromatic N) is 1. The largest absolute Gasteiger partial charge is 0.384 e. The van der Waals surface area contributed by atoms with E-state index in [1.807, 2.05) is 12.1 Å². The van der Waals surface area contributed by atoms with Gasteiger partial charge in [-0.3, -0.25) is 10.3 Å². The molecule has 1 aliphatic heterocycles. The van der Waals surface area contributed by atoms with Gasteiger partial charge in [-0.05, 0) is 24.3 Å². The SMILES string of the molecule is N=C(N)c1ccc(CN2CCCSCC2)cc1. The first-order chi connectivity index (χ1) is 8.25. The van der Waals surface area contributed by atoms with Crippen LogP contribution in [-0.2, 0) is 6.54 Å². The highest BCUT2D eigenvalue weighted by atomic mass is 32.2. The lowest BCUT2D eigenvalue weighted by Crippen LogP contribution is -2.25. The van der Waals surface area contributed by atoms with Crippen molar-refractivity contribution in [1.82, 2.24) is 4.90 Å². The third-order valence-electron chi connectivity index (χ3n) is 2.99. The number of nitrogens with one attached hydrogen (secondary N) is 1. The zero-order valence-corrected chi connectivity index (χ0v) is 10.8. The Hall–Kier alpha value is -1.00. The van der Waals surface area contributed by atoms with Gasteiger partial charge in [0.25, 0.3) is 0 Å². The molecule has 2 rings (SSSR count). The summed E-state index contributed by atoms with van der Waals surface area (Å²) in [5.41, 5.74) is 7.55. The van der Waals surface area contributed by atoms with Gasteiger partial charge in [-0.25, -0.2) is 0 Å². The summed E-state index contributed by atoms with van der Waals surface area (Å²) in [7, 11) is 0. The summed E-state index contributed by atoms with van der Waals surface area (Å²) in [4.78, 5) is 2.50. The summed E-state index contributed by atoms with van der Waals surface area (Å²) in [5, 5.41) is 7.35. The Morgan fingerprint density at radius 1 is 1.24 bits per heavy atom. The van der Waals surface area contributed by atoms with Gasteiger partial charge in [0, 0.05) is 24.4 Å². The Labute approximate surface area is 107 Å². The predicted octanol–water partition coefficient (Wildman–Crippen LogP) is 1.91. The van der Waals surface area contributed by atoms with E-state index < -0.39 is 0 Å². The Balaban J connectivity index is 1.95. The molecule has 1 saturated heterocycles. The van der Waals surface area contributed by atoms with Gasteiger partial charge in [0.05, 0.1) is 0 Å². The molecule has 3 N–H and O–H groups in total. The van der Waals surface area contributed by atoms with Gasteiger partial charge in [-0.2, -0.15) is 11.8 Å². The average Bonchev–Trinajstić information content (AvgIpc) is 2.58. The highest BCUT2D eigenvalue weighted by Crippen LogP contribution is 2.13. The second kappa shape index (κ2) is 6.07. The maximum absolute atomic E-state index is 7.35. The van der Waals surface area contributed by atoms with Crippen LogP contribution in [0.3, 0.4) is 0 Å². The van der Waals surface area contributed by atoms with E-state index in [0.29, 0.717) is 0 Å². The molecule has 0 amide bonds. The van der Waals surface area contributed by atoms with Crippen LogP contribution >= 0.6 is 11.8 Å². The molecule has 0 aliphatic carbocycles. The molecule has 0 atom stereocenters. The summed E-state index contributed by atoms with van der Waals surface area (Å²) < 4.78 is 0. The van der Waals surface area contributed by atoms with Gasteiger partial charge >= 0.3 is 0 Å². The molecular formula is C13H19N3S. The maximum atomic E-state index is 7.35. The highest BCUT2D eigenvalue weighted by molar-refractivity contribution is 7.99. The Bertz CT molecular complexity index is 367. The fourth-order valence-electron chi connectivity index (χ4n) is 2.00. The molecule has 0 unspecified atom stereocenters. The highest BCUT2D eigenvalue weighted by Gasteiger charge is 2.09. The van der Waals surface area contributed by atoms with Crippen LogP contribution in [0.25, 0.3) is 0 Å². The van der Waals surface area contributed by atoms with Gasteiger partial charge < -0.3 is 5.73 Å². The van der Waals surface area contributed by atoms with Crippen LogP contribution in [0.1, 0.15) is 17.5 Å². The summed E-state index contributed by atoms with van der Waals surface area (Å²) in [6.45, 7) is 3.39. The van der Waals surface area contributed by atoms with E-state index in [0.717, 1.165) is 12.1 Å². The average molecular weight is 249 g/mol. The third-order valence-corrected chi connectivity index (χ3v) is 4.03. The first-order valence-electron chi connectivity index (χ1n) is 5.99. The first-order valence-corrected chi connectivity index (χ1v) is 7.14. The number of nitrogen functional groups attached to an aromatic ring is 1. The van der Waals surface area contributed by atoms with Gasteiger partial charge in [-0.15, -0.1) is 0 Å². The molecule has 0 aromatic heterocycles. The molecular weight excluding hydrogens is 230 g/mol. The number of thioether (sulfide) groups is 1. The quantitative estimate of drug-likeness (QED) is 0.635. The summed E-state index contributed by atoms with van der Waals surface area (Å²) in [6, 6.07) is 8.03. The molecule has 17 heavy (non-hydrogen) atoms. The van der Waals surface area contributed by atoms with E-state index in [9.17, 15) is 0 Å². The maximum Gasteiger partial charge on any atom is 0.122 e. The first kappa shape index (κ1) is 12.5. The fourth-order valence-corrected chi connectivity index (χ4v) is 2.93. The van der Waals surface area contributed by atoms with E-state index in [1.165, 1.54) is 36.6 Å². The Morgan fingerprint density at radius 3 is 2.71 bits per heavy atom. The van der Waals surface area contributed by atoms with E-state index >= 15 is 0 Å². The Kier molecular flexibility index (Phi) is 4.45. The minimum absolute atomic E-state index is 0.141. The minimum atomic E-state index is 0.141. The monoisotopic (exact) mass is 249 g/mol. The Morgan fingerprint density at radius 2 is 2.00 bits per heavy atom.